The molecule has 0 bridgehead atoms. The lowest BCUT2D eigenvalue weighted by Gasteiger charge is -2.39. The Morgan fingerprint density at radius 1 is 1.22 bits per heavy atom. The van der Waals surface area contributed by atoms with E-state index in [2.05, 4.69) is 15.9 Å². The Balaban J connectivity index is 2.76. The van der Waals surface area contributed by atoms with Crippen LogP contribution in [0.1, 0.15) is 24.8 Å². The maximum Gasteiger partial charge on any atom is 0.314 e. The summed E-state index contributed by atoms with van der Waals surface area (Å²) in [5.74, 6) is -5.44. The van der Waals surface area contributed by atoms with Crippen molar-refractivity contribution in [2.45, 2.75) is 24.7 Å². The van der Waals surface area contributed by atoms with Gasteiger partial charge in [-0.3, -0.25) is 4.79 Å². The fourth-order valence-electron chi connectivity index (χ4n) is 2.13. The second-order valence-corrected chi connectivity index (χ2v) is 5.36. The minimum atomic E-state index is -1.57. The molecule has 1 aromatic rings. The molecule has 0 aliphatic heterocycles. The van der Waals surface area contributed by atoms with Gasteiger partial charge in [0, 0.05) is 5.56 Å². The molecule has 0 atom stereocenters. The van der Waals surface area contributed by atoms with Crippen LogP contribution in [0.25, 0.3) is 0 Å². The number of hydrogen-bond donors (Lipinski definition) is 1. The normalized spacial score (nSPS) is 17.4. The van der Waals surface area contributed by atoms with Crippen LogP contribution in [0.2, 0.25) is 5.02 Å². The van der Waals surface area contributed by atoms with Crippen molar-refractivity contribution in [3.05, 3.63) is 32.5 Å². The molecule has 0 heterocycles. The van der Waals surface area contributed by atoms with Gasteiger partial charge in [0.1, 0.15) is 5.02 Å². The average molecular weight is 344 g/mol. The van der Waals surface area contributed by atoms with Crippen LogP contribution in [0.3, 0.4) is 0 Å². The van der Waals surface area contributed by atoms with Gasteiger partial charge in [-0.2, -0.15) is 0 Å². The van der Waals surface area contributed by atoms with Gasteiger partial charge in [0.2, 0.25) is 0 Å². The topological polar surface area (TPSA) is 37.3 Å². The van der Waals surface area contributed by atoms with Crippen molar-refractivity contribution in [1.29, 1.82) is 0 Å². The van der Waals surface area contributed by atoms with E-state index in [-0.39, 0.29) is 12.8 Å². The van der Waals surface area contributed by atoms with E-state index in [1.807, 2.05) is 0 Å². The fourth-order valence-corrected chi connectivity index (χ4v) is 3.17. The molecule has 1 aromatic carbocycles. The SMILES string of the molecule is O=C(O)C1(c2c(F)c(F)c(Cl)c(F)c2Br)CCC1. The summed E-state index contributed by atoms with van der Waals surface area (Å²) >= 11 is 8.05. The first-order valence-corrected chi connectivity index (χ1v) is 6.25. The van der Waals surface area contributed by atoms with Crippen LogP contribution < -0.4 is 0 Å². The van der Waals surface area contributed by atoms with Crippen LogP contribution in [-0.4, -0.2) is 11.1 Å². The molecule has 1 N–H and O–H groups in total. The monoisotopic (exact) mass is 342 g/mol. The highest BCUT2D eigenvalue weighted by atomic mass is 79.9. The van der Waals surface area contributed by atoms with Gasteiger partial charge in [0.25, 0.3) is 0 Å². The Morgan fingerprint density at radius 2 is 1.78 bits per heavy atom. The molecule has 2 rings (SSSR count). The molecule has 0 spiro atoms. The van der Waals surface area contributed by atoms with Crippen LogP contribution in [-0.2, 0) is 10.2 Å². The van der Waals surface area contributed by atoms with Crippen molar-refractivity contribution in [1.82, 2.24) is 0 Å². The number of rotatable bonds is 2. The van der Waals surface area contributed by atoms with E-state index in [4.69, 9.17) is 11.6 Å². The molecule has 18 heavy (non-hydrogen) atoms. The summed E-state index contributed by atoms with van der Waals surface area (Å²) in [7, 11) is 0. The minimum absolute atomic E-state index is 0.137. The van der Waals surface area contributed by atoms with Crippen LogP contribution >= 0.6 is 27.5 Å². The van der Waals surface area contributed by atoms with E-state index in [1.54, 1.807) is 0 Å². The number of aliphatic carboxylic acids is 1. The molecule has 98 valence electrons. The molecular weight excluding hydrogens is 336 g/mol. The van der Waals surface area contributed by atoms with Gasteiger partial charge in [0.15, 0.2) is 17.5 Å². The lowest BCUT2D eigenvalue weighted by Crippen LogP contribution is -2.43. The van der Waals surface area contributed by atoms with Gasteiger partial charge in [-0.05, 0) is 28.8 Å². The third-order valence-electron chi connectivity index (χ3n) is 3.30. The number of benzene rings is 1. The Morgan fingerprint density at radius 3 is 2.17 bits per heavy atom. The Labute approximate surface area is 114 Å². The molecule has 7 heteroatoms. The van der Waals surface area contributed by atoms with Gasteiger partial charge >= 0.3 is 5.97 Å². The first-order chi connectivity index (χ1) is 8.33. The zero-order chi connectivity index (χ0) is 13.7. The lowest BCUT2D eigenvalue weighted by molar-refractivity contribution is -0.147. The molecule has 0 saturated heterocycles. The second-order valence-electron chi connectivity index (χ2n) is 4.19. The van der Waals surface area contributed by atoms with Crippen molar-refractivity contribution in [2.24, 2.45) is 0 Å². The predicted octanol–water partition coefficient (Wildman–Crippen LogP) is 4.03. The Bertz CT molecular complexity index is 515. The first kappa shape index (κ1) is 13.7. The smallest absolute Gasteiger partial charge is 0.314 e. The highest BCUT2D eigenvalue weighted by Crippen LogP contribution is 2.49. The standard InChI is InChI=1S/C11H7BrClF3O2/c12-5-4(11(10(17)18)2-1-3-11)7(14)9(16)6(13)8(5)15/h1-3H2,(H,17,18). The highest BCUT2D eigenvalue weighted by molar-refractivity contribution is 9.10. The van der Waals surface area contributed by atoms with Gasteiger partial charge in [-0.15, -0.1) is 0 Å². The lowest BCUT2D eigenvalue weighted by atomic mass is 9.64. The van der Waals surface area contributed by atoms with Crippen molar-refractivity contribution in [2.75, 3.05) is 0 Å². The summed E-state index contributed by atoms with van der Waals surface area (Å²) in [5.41, 5.74) is -2.07. The van der Waals surface area contributed by atoms with Gasteiger partial charge < -0.3 is 5.11 Å². The van der Waals surface area contributed by atoms with Crippen LogP contribution in [0.4, 0.5) is 13.2 Å². The van der Waals surface area contributed by atoms with Crippen LogP contribution in [0, 0.1) is 17.5 Å². The molecule has 2 nitrogen and oxygen atoms in total. The summed E-state index contributed by atoms with van der Waals surface area (Å²) < 4.78 is 40.5. The maximum absolute atomic E-state index is 13.9. The van der Waals surface area contributed by atoms with Crippen molar-refractivity contribution in [3.8, 4) is 0 Å². The molecule has 1 aliphatic rings. The van der Waals surface area contributed by atoms with Gasteiger partial charge in [-0.1, -0.05) is 18.0 Å². The van der Waals surface area contributed by atoms with E-state index in [1.165, 1.54) is 0 Å². The minimum Gasteiger partial charge on any atom is -0.481 e. The Hall–Kier alpha value is -0.750. The number of carboxylic acids is 1. The van der Waals surface area contributed by atoms with Gasteiger partial charge in [0.05, 0.1) is 9.89 Å². The van der Waals surface area contributed by atoms with Crippen LogP contribution in [0.15, 0.2) is 4.47 Å². The van der Waals surface area contributed by atoms with E-state index in [0.29, 0.717) is 6.42 Å². The largest absolute Gasteiger partial charge is 0.481 e. The number of hydrogen-bond acceptors (Lipinski definition) is 1. The molecule has 0 unspecified atom stereocenters. The first-order valence-electron chi connectivity index (χ1n) is 5.08. The molecule has 0 radical (unpaired) electrons. The second kappa shape index (κ2) is 4.42. The molecular formula is C11H7BrClF3O2. The van der Waals surface area contributed by atoms with E-state index >= 15 is 0 Å². The number of halogens is 5. The third-order valence-corrected chi connectivity index (χ3v) is 4.38. The summed E-state index contributed by atoms with van der Waals surface area (Å²) in [4.78, 5) is 11.3. The number of carbonyl (C=O) groups is 1. The third kappa shape index (κ3) is 1.66. The quantitative estimate of drug-likeness (QED) is 0.650. The summed E-state index contributed by atoms with van der Waals surface area (Å²) in [6.45, 7) is 0. The van der Waals surface area contributed by atoms with Crippen molar-refractivity contribution >= 4 is 33.5 Å². The fraction of sp³-hybridized carbons (Fsp3) is 0.364. The molecule has 1 aliphatic carbocycles. The van der Waals surface area contributed by atoms with Crippen molar-refractivity contribution in [3.63, 3.8) is 0 Å². The zero-order valence-corrected chi connectivity index (χ0v) is 11.2. The van der Waals surface area contributed by atoms with E-state index < -0.39 is 43.9 Å². The molecule has 1 fully saturated rings. The van der Waals surface area contributed by atoms with E-state index in [0.717, 1.165) is 0 Å². The predicted molar refractivity (Wildman–Crippen MR) is 62.2 cm³/mol. The molecule has 1 saturated carbocycles. The number of carboxylic acid groups (broad SMARTS) is 1. The molecule has 0 aromatic heterocycles. The van der Waals surface area contributed by atoms with Crippen molar-refractivity contribution < 1.29 is 23.1 Å². The zero-order valence-electron chi connectivity index (χ0n) is 8.87. The Kier molecular flexibility index (Phi) is 3.36. The summed E-state index contributed by atoms with van der Waals surface area (Å²) in [6, 6.07) is 0. The summed E-state index contributed by atoms with van der Waals surface area (Å²) in [5, 5.41) is 8.19. The average Bonchev–Trinajstić information content (AvgIpc) is 2.26. The maximum atomic E-state index is 13.9. The van der Waals surface area contributed by atoms with Gasteiger partial charge in [-0.25, -0.2) is 13.2 Å². The summed E-state index contributed by atoms with van der Waals surface area (Å²) in [6.07, 6.45) is 0.834. The highest BCUT2D eigenvalue weighted by Gasteiger charge is 2.50. The van der Waals surface area contributed by atoms with Crippen LogP contribution in [0.5, 0.6) is 0 Å². The van der Waals surface area contributed by atoms with E-state index in [9.17, 15) is 23.1 Å². The molecule has 0 amide bonds.